The van der Waals surface area contributed by atoms with E-state index in [1.807, 2.05) is 6.07 Å². The summed E-state index contributed by atoms with van der Waals surface area (Å²) in [6.45, 7) is 3.54. The van der Waals surface area contributed by atoms with E-state index in [-0.39, 0.29) is 5.92 Å². The van der Waals surface area contributed by atoms with Gasteiger partial charge >= 0.3 is 0 Å². The molecule has 0 bridgehead atoms. The Kier molecular flexibility index (Phi) is 2.48. The van der Waals surface area contributed by atoms with Gasteiger partial charge in [0.25, 0.3) is 0 Å². The molecule has 0 aliphatic carbocycles. The zero-order valence-electron chi connectivity index (χ0n) is 7.42. The predicted octanol–water partition coefficient (Wildman–Crippen LogP) is 2.42. The third kappa shape index (κ3) is 1.64. The highest BCUT2D eigenvalue weighted by Gasteiger charge is 2.30. The Labute approximate surface area is 72.4 Å². The van der Waals surface area contributed by atoms with Gasteiger partial charge in [-0.05, 0) is 0 Å². The Balaban J connectivity index is 2.98. The average Bonchev–Trinajstić information content (AvgIpc) is 2.06. The molecule has 0 aliphatic heterocycles. The van der Waals surface area contributed by atoms with Crippen molar-refractivity contribution in [3.63, 3.8) is 0 Å². The molecular formula is C10H14FN. The SMILES string of the molecule is CC(C)C(N)(F)c1ccccc1. The lowest BCUT2D eigenvalue weighted by atomic mass is 9.94. The molecule has 1 atom stereocenters. The van der Waals surface area contributed by atoms with Gasteiger partial charge in [-0.2, -0.15) is 0 Å². The van der Waals surface area contributed by atoms with E-state index in [4.69, 9.17) is 5.73 Å². The zero-order chi connectivity index (χ0) is 9.19. The first-order valence-electron chi connectivity index (χ1n) is 4.08. The van der Waals surface area contributed by atoms with Crippen LogP contribution >= 0.6 is 0 Å². The lowest BCUT2D eigenvalue weighted by Gasteiger charge is -2.24. The maximum atomic E-state index is 13.7. The van der Waals surface area contributed by atoms with Crippen molar-refractivity contribution in [1.29, 1.82) is 0 Å². The van der Waals surface area contributed by atoms with E-state index < -0.39 is 5.79 Å². The fourth-order valence-electron chi connectivity index (χ4n) is 1.03. The molecule has 0 aromatic heterocycles. The van der Waals surface area contributed by atoms with E-state index in [1.165, 1.54) is 0 Å². The van der Waals surface area contributed by atoms with Crippen molar-refractivity contribution in [3.05, 3.63) is 35.9 Å². The lowest BCUT2D eigenvalue weighted by molar-refractivity contribution is 0.107. The molecule has 0 amide bonds. The fourth-order valence-corrected chi connectivity index (χ4v) is 1.03. The Bertz CT molecular complexity index is 241. The summed E-state index contributed by atoms with van der Waals surface area (Å²) in [5.74, 6) is -1.92. The number of rotatable bonds is 2. The summed E-state index contributed by atoms with van der Waals surface area (Å²) >= 11 is 0. The number of hydrogen-bond donors (Lipinski definition) is 1. The molecule has 1 nitrogen and oxygen atoms in total. The maximum absolute atomic E-state index is 13.7. The largest absolute Gasteiger partial charge is 0.295 e. The molecule has 0 heterocycles. The zero-order valence-corrected chi connectivity index (χ0v) is 7.42. The van der Waals surface area contributed by atoms with Crippen LogP contribution in [0.15, 0.2) is 30.3 Å². The van der Waals surface area contributed by atoms with Crippen LogP contribution in [-0.2, 0) is 5.79 Å². The van der Waals surface area contributed by atoms with Crippen LogP contribution in [0.5, 0.6) is 0 Å². The molecule has 0 saturated carbocycles. The summed E-state index contributed by atoms with van der Waals surface area (Å²) in [4.78, 5) is 0. The van der Waals surface area contributed by atoms with Crippen LogP contribution in [0, 0.1) is 5.92 Å². The van der Waals surface area contributed by atoms with Crippen LogP contribution in [0.25, 0.3) is 0 Å². The van der Waals surface area contributed by atoms with E-state index in [0.717, 1.165) is 0 Å². The molecule has 0 radical (unpaired) electrons. The van der Waals surface area contributed by atoms with Gasteiger partial charge in [0.05, 0.1) is 0 Å². The second-order valence-corrected chi connectivity index (χ2v) is 3.29. The topological polar surface area (TPSA) is 26.0 Å². The minimum atomic E-state index is -1.71. The van der Waals surface area contributed by atoms with Gasteiger partial charge in [-0.3, -0.25) is 5.73 Å². The molecule has 66 valence electrons. The predicted molar refractivity (Wildman–Crippen MR) is 48.3 cm³/mol. The monoisotopic (exact) mass is 167 g/mol. The maximum Gasteiger partial charge on any atom is 0.187 e. The molecule has 2 heteroatoms. The standard InChI is InChI=1S/C10H14FN/c1-8(2)10(11,12)9-6-4-3-5-7-9/h3-8H,12H2,1-2H3. The Morgan fingerprint density at radius 1 is 1.25 bits per heavy atom. The minimum absolute atomic E-state index is 0.208. The molecule has 1 rings (SSSR count). The summed E-state index contributed by atoms with van der Waals surface area (Å²) in [6, 6.07) is 8.84. The van der Waals surface area contributed by atoms with Crippen LogP contribution in [0.2, 0.25) is 0 Å². The first-order valence-corrected chi connectivity index (χ1v) is 4.08. The molecule has 0 fully saturated rings. The van der Waals surface area contributed by atoms with Crippen molar-refractivity contribution < 1.29 is 4.39 Å². The van der Waals surface area contributed by atoms with Crippen LogP contribution in [0.4, 0.5) is 4.39 Å². The number of hydrogen-bond acceptors (Lipinski definition) is 1. The highest BCUT2D eigenvalue weighted by molar-refractivity contribution is 5.21. The smallest absolute Gasteiger partial charge is 0.187 e. The highest BCUT2D eigenvalue weighted by atomic mass is 19.1. The van der Waals surface area contributed by atoms with E-state index in [9.17, 15) is 4.39 Å². The molecule has 1 aromatic carbocycles. The quantitative estimate of drug-likeness (QED) is 0.672. The average molecular weight is 167 g/mol. The van der Waals surface area contributed by atoms with Crippen molar-refractivity contribution in [2.24, 2.45) is 11.7 Å². The van der Waals surface area contributed by atoms with Crippen molar-refractivity contribution in [1.82, 2.24) is 0 Å². The Morgan fingerprint density at radius 3 is 2.17 bits per heavy atom. The molecule has 1 aromatic rings. The van der Waals surface area contributed by atoms with Crippen LogP contribution in [0.1, 0.15) is 19.4 Å². The molecular weight excluding hydrogens is 153 g/mol. The molecule has 2 N–H and O–H groups in total. The fraction of sp³-hybridized carbons (Fsp3) is 0.400. The van der Waals surface area contributed by atoms with Gasteiger partial charge < -0.3 is 0 Å². The summed E-state index contributed by atoms with van der Waals surface area (Å²) < 4.78 is 13.7. The molecule has 0 saturated heterocycles. The van der Waals surface area contributed by atoms with Gasteiger partial charge in [-0.1, -0.05) is 44.2 Å². The summed E-state index contributed by atoms with van der Waals surface area (Å²) in [7, 11) is 0. The van der Waals surface area contributed by atoms with Gasteiger partial charge in [-0.15, -0.1) is 0 Å². The molecule has 12 heavy (non-hydrogen) atoms. The van der Waals surface area contributed by atoms with Crippen molar-refractivity contribution >= 4 is 0 Å². The number of benzene rings is 1. The minimum Gasteiger partial charge on any atom is -0.295 e. The highest BCUT2D eigenvalue weighted by Crippen LogP contribution is 2.27. The Hall–Kier alpha value is -0.890. The second kappa shape index (κ2) is 3.23. The number of halogens is 1. The van der Waals surface area contributed by atoms with Crippen LogP contribution in [0.3, 0.4) is 0 Å². The first-order chi connectivity index (χ1) is 5.55. The van der Waals surface area contributed by atoms with Crippen LogP contribution in [-0.4, -0.2) is 0 Å². The van der Waals surface area contributed by atoms with E-state index in [1.54, 1.807) is 38.1 Å². The summed E-state index contributed by atoms with van der Waals surface area (Å²) in [6.07, 6.45) is 0. The van der Waals surface area contributed by atoms with Crippen molar-refractivity contribution in [2.45, 2.75) is 19.6 Å². The molecule has 0 aliphatic rings. The third-order valence-electron chi connectivity index (χ3n) is 2.06. The van der Waals surface area contributed by atoms with Gasteiger partial charge in [0, 0.05) is 11.5 Å². The first kappa shape index (κ1) is 9.20. The van der Waals surface area contributed by atoms with Gasteiger partial charge in [0.15, 0.2) is 5.79 Å². The summed E-state index contributed by atoms with van der Waals surface area (Å²) in [5, 5.41) is 0. The molecule has 1 unspecified atom stereocenters. The molecule has 0 spiro atoms. The lowest BCUT2D eigenvalue weighted by Crippen LogP contribution is -2.36. The number of alkyl halides is 1. The Morgan fingerprint density at radius 2 is 1.75 bits per heavy atom. The van der Waals surface area contributed by atoms with E-state index in [2.05, 4.69) is 0 Å². The van der Waals surface area contributed by atoms with Crippen LogP contribution < -0.4 is 5.73 Å². The van der Waals surface area contributed by atoms with Gasteiger partial charge in [0.1, 0.15) is 0 Å². The van der Waals surface area contributed by atoms with Gasteiger partial charge in [-0.25, -0.2) is 4.39 Å². The third-order valence-corrected chi connectivity index (χ3v) is 2.06. The van der Waals surface area contributed by atoms with Crippen molar-refractivity contribution in [3.8, 4) is 0 Å². The number of nitrogens with two attached hydrogens (primary N) is 1. The second-order valence-electron chi connectivity index (χ2n) is 3.29. The van der Waals surface area contributed by atoms with Crippen molar-refractivity contribution in [2.75, 3.05) is 0 Å². The van der Waals surface area contributed by atoms with E-state index >= 15 is 0 Å². The van der Waals surface area contributed by atoms with Gasteiger partial charge in [0.2, 0.25) is 0 Å². The van der Waals surface area contributed by atoms with E-state index in [0.29, 0.717) is 5.56 Å². The summed E-state index contributed by atoms with van der Waals surface area (Å²) in [5.41, 5.74) is 6.06. The normalized spacial score (nSPS) is 16.1.